The molecule has 6 heteroatoms. The zero-order valence-corrected chi connectivity index (χ0v) is 16.2. The van der Waals surface area contributed by atoms with E-state index in [0.29, 0.717) is 17.5 Å². The van der Waals surface area contributed by atoms with Gasteiger partial charge in [-0.2, -0.15) is 0 Å². The molecule has 1 aliphatic carbocycles. The highest BCUT2D eigenvalue weighted by Gasteiger charge is 2.63. The molecule has 26 heavy (non-hydrogen) atoms. The molecule has 1 unspecified atom stereocenters. The molecule has 3 nitrogen and oxygen atoms in total. The predicted octanol–water partition coefficient (Wildman–Crippen LogP) is 4.23. The Labute approximate surface area is 153 Å². The van der Waals surface area contributed by atoms with Gasteiger partial charge in [0.25, 0.3) is 0 Å². The number of aryl methyl sites for hydroxylation is 2. The third-order valence-corrected chi connectivity index (χ3v) is 7.10. The van der Waals surface area contributed by atoms with Gasteiger partial charge in [0.1, 0.15) is 11.6 Å². The van der Waals surface area contributed by atoms with Crippen LogP contribution in [0.4, 0.5) is 8.78 Å². The first kappa shape index (κ1) is 19.0. The molecule has 0 aliphatic heterocycles. The van der Waals surface area contributed by atoms with Crippen LogP contribution in [0.3, 0.4) is 0 Å². The molecule has 3 rings (SSSR count). The van der Waals surface area contributed by atoms with E-state index in [1.54, 1.807) is 19.1 Å². The van der Waals surface area contributed by atoms with E-state index in [-0.39, 0.29) is 16.9 Å². The van der Waals surface area contributed by atoms with Crippen LogP contribution in [-0.2, 0) is 15.4 Å². The second-order valence-corrected chi connectivity index (χ2v) is 9.60. The Balaban J connectivity index is 1.92. The van der Waals surface area contributed by atoms with Crippen molar-refractivity contribution in [3.8, 4) is 0 Å². The average molecular weight is 379 g/mol. The molecular formula is C20H23F2NO2S. The highest BCUT2D eigenvalue weighted by atomic mass is 32.2. The van der Waals surface area contributed by atoms with Crippen LogP contribution >= 0.6 is 0 Å². The monoisotopic (exact) mass is 379 g/mol. The second kappa shape index (κ2) is 6.13. The fourth-order valence-electron chi connectivity index (χ4n) is 3.74. The van der Waals surface area contributed by atoms with Gasteiger partial charge < -0.3 is 0 Å². The minimum Gasteiger partial charge on any atom is -0.210 e. The molecule has 0 saturated heterocycles. The molecule has 140 valence electrons. The lowest BCUT2D eigenvalue weighted by atomic mass is 9.87. The van der Waals surface area contributed by atoms with Gasteiger partial charge in [0, 0.05) is 18.0 Å². The number of halogens is 2. The number of benzene rings is 2. The van der Waals surface area contributed by atoms with Gasteiger partial charge in [0.05, 0.1) is 4.90 Å². The smallest absolute Gasteiger partial charge is 0.210 e. The zero-order valence-electron chi connectivity index (χ0n) is 15.4. The van der Waals surface area contributed by atoms with Crippen molar-refractivity contribution in [2.24, 2.45) is 5.41 Å². The molecule has 0 spiro atoms. The van der Waals surface area contributed by atoms with Crippen molar-refractivity contribution >= 4 is 10.0 Å². The van der Waals surface area contributed by atoms with Crippen LogP contribution in [0.5, 0.6) is 0 Å². The predicted molar refractivity (Wildman–Crippen MR) is 97.5 cm³/mol. The molecule has 1 fully saturated rings. The van der Waals surface area contributed by atoms with Gasteiger partial charge >= 0.3 is 0 Å². The van der Waals surface area contributed by atoms with Gasteiger partial charge in [-0.25, -0.2) is 21.9 Å². The molecule has 1 saturated carbocycles. The summed E-state index contributed by atoms with van der Waals surface area (Å²) >= 11 is 0. The quantitative estimate of drug-likeness (QED) is 0.845. The third-order valence-electron chi connectivity index (χ3n) is 5.56. The van der Waals surface area contributed by atoms with Crippen molar-refractivity contribution in [1.29, 1.82) is 0 Å². The van der Waals surface area contributed by atoms with Crippen LogP contribution in [0.2, 0.25) is 0 Å². The molecular weight excluding hydrogens is 356 g/mol. The van der Waals surface area contributed by atoms with E-state index in [1.807, 2.05) is 26.8 Å². The maximum absolute atomic E-state index is 14.4. The third kappa shape index (κ3) is 3.16. The number of nitrogens with one attached hydrogen (secondary N) is 1. The van der Waals surface area contributed by atoms with E-state index in [0.717, 1.165) is 11.6 Å². The van der Waals surface area contributed by atoms with Crippen LogP contribution < -0.4 is 4.72 Å². The fourth-order valence-corrected chi connectivity index (χ4v) is 5.16. The lowest BCUT2D eigenvalue weighted by Gasteiger charge is -2.23. The lowest BCUT2D eigenvalue weighted by molar-refractivity contribution is 0.459. The van der Waals surface area contributed by atoms with Gasteiger partial charge in [-0.05, 0) is 54.5 Å². The molecule has 2 aromatic rings. The van der Waals surface area contributed by atoms with E-state index < -0.39 is 27.1 Å². The standard InChI is InChI=1S/C20H23F2NO2S/c1-13-5-6-14(2)18(9-13)26(24,25)23-12-20(11-19(20,3)4)16-8-7-15(21)10-17(16)22/h5-10,23H,11-12H2,1-4H3. The minimum absolute atomic E-state index is 0.0677. The Bertz CT molecular complexity index is 970. The van der Waals surface area contributed by atoms with Crippen LogP contribution in [0.25, 0.3) is 0 Å². The highest BCUT2D eigenvalue weighted by molar-refractivity contribution is 7.89. The molecule has 1 N–H and O–H groups in total. The van der Waals surface area contributed by atoms with Crippen LogP contribution in [0, 0.1) is 30.9 Å². The summed E-state index contributed by atoms with van der Waals surface area (Å²) in [4.78, 5) is 0.227. The highest BCUT2D eigenvalue weighted by Crippen LogP contribution is 2.64. The summed E-state index contributed by atoms with van der Waals surface area (Å²) in [5.74, 6) is -1.28. The van der Waals surface area contributed by atoms with Crippen molar-refractivity contribution in [2.75, 3.05) is 6.54 Å². The molecule has 0 bridgehead atoms. The largest absolute Gasteiger partial charge is 0.240 e. The molecule has 0 radical (unpaired) electrons. The number of hydrogen-bond acceptors (Lipinski definition) is 2. The van der Waals surface area contributed by atoms with Gasteiger partial charge in [-0.1, -0.05) is 32.0 Å². The Morgan fingerprint density at radius 3 is 2.31 bits per heavy atom. The van der Waals surface area contributed by atoms with Crippen molar-refractivity contribution < 1.29 is 17.2 Å². The molecule has 0 amide bonds. The molecule has 2 aromatic carbocycles. The van der Waals surface area contributed by atoms with Gasteiger partial charge in [0.15, 0.2) is 0 Å². The first-order valence-corrected chi connectivity index (χ1v) is 9.99. The van der Waals surface area contributed by atoms with Crippen molar-refractivity contribution in [3.05, 3.63) is 64.7 Å². The van der Waals surface area contributed by atoms with E-state index in [2.05, 4.69) is 4.72 Å². The maximum Gasteiger partial charge on any atom is 0.240 e. The normalized spacial score (nSPS) is 21.6. The van der Waals surface area contributed by atoms with Gasteiger partial charge in [-0.3, -0.25) is 0 Å². The summed E-state index contributed by atoms with van der Waals surface area (Å²) in [5.41, 5.74) is 0.889. The fraction of sp³-hybridized carbons (Fsp3) is 0.400. The molecule has 1 atom stereocenters. The summed E-state index contributed by atoms with van der Waals surface area (Å²) in [5, 5.41) is 0. The van der Waals surface area contributed by atoms with E-state index in [1.165, 1.54) is 12.1 Å². The Hall–Kier alpha value is -1.79. The lowest BCUT2D eigenvalue weighted by Crippen LogP contribution is -2.35. The van der Waals surface area contributed by atoms with Crippen molar-refractivity contribution in [1.82, 2.24) is 4.72 Å². The van der Waals surface area contributed by atoms with E-state index in [4.69, 9.17) is 0 Å². The maximum atomic E-state index is 14.4. The summed E-state index contributed by atoms with van der Waals surface area (Å²) < 4.78 is 55.9. The summed E-state index contributed by atoms with van der Waals surface area (Å²) in [6.07, 6.45) is 0.623. The van der Waals surface area contributed by atoms with E-state index in [9.17, 15) is 17.2 Å². The SMILES string of the molecule is Cc1ccc(C)c(S(=O)(=O)NCC2(c3ccc(F)cc3F)CC2(C)C)c1. The van der Waals surface area contributed by atoms with Crippen LogP contribution in [-0.4, -0.2) is 15.0 Å². The Kier molecular flexibility index (Phi) is 4.48. The number of rotatable bonds is 5. The van der Waals surface area contributed by atoms with Gasteiger partial charge in [0.2, 0.25) is 10.0 Å². The molecule has 1 aliphatic rings. The first-order valence-electron chi connectivity index (χ1n) is 8.51. The topological polar surface area (TPSA) is 46.2 Å². The van der Waals surface area contributed by atoms with Gasteiger partial charge in [-0.15, -0.1) is 0 Å². The first-order chi connectivity index (χ1) is 12.0. The second-order valence-electron chi connectivity index (χ2n) is 7.86. The summed E-state index contributed by atoms with van der Waals surface area (Å²) in [6.45, 7) is 7.56. The summed E-state index contributed by atoms with van der Waals surface area (Å²) in [6, 6.07) is 8.74. The van der Waals surface area contributed by atoms with Crippen LogP contribution in [0.15, 0.2) is 41.3 Å². The van der Waals surface area contributed by atoms with Crippen molar-refractivity contribution in [3.63, 3.8) is 0 Å². The number of sulfonamides is 1. The zero-order chi connectivity index (χ0) is 19.3. The van der Waals surface area contributed by atoms with Crippen molar-refractivity contribution in [2.45, 2.75) is 44.4 Å². The average Bonchev–Trinajstić information content (AvgIpc) is 3.10. The summed E-state index contributed by atoms with van der Waals surface area (Å²) in [7, 11) is -3.73. The molecule has 0 heterocycles. The van der Waals surface area contributed by atoms with Crippen LogP contribution in [0.1, 0.15) is 37.0 Å². The number of hydrogen-bond donors (Lipinski definition) is 1. The molecule has 0 aromatic heterocycles. The van der Waals surface area contributed by atoms with E-state index >= 15 is 0 Å². The Morgan fingerprint density at radius 1 is 1.08 bits per heavy atom. The minimum atomic E-state index is -3.73. The Morgan fingerprint density at radius 2 is 1.73 bits per heavy atom.